The maximum Gasteiger partial charge on any atom is 0.238 e. The fourth-order valence-electron chi connectivity index (χ4n) is 10.3. The van der Waals surface area contributed by atoms with Gasteiger partial charge >= 0.3 is 0 Å². The molecule has 6 nitrogen and oxygen atoms in total. The molecule has 0 saturated heterocycles. The Hall–Kier alpha value is -7.83. The van der Waals surface area contributed by atoms with E-state index in [0.29, 0.717) is 17.6 Å². The van der Waals surface area contributed by atoms with Crippen molar-refractivity contribution >= 4 is 65.6 Å². The molecule has 6 heteroatoms. The molecule has 0 bridgehead atoms. The van der Waals surface area contributed by atoms with Gasteiger partial charge in [-0.1, -0.05) is 153 Å². The molecule has 1 aliphatic carbocycles. The summed E-state index contributed by atoms with van der Waals surface area (Å²) in [4.78, 5) is 16.1. The number of fused-ring (bicyclic) bond motifs is 14. The highest BCUT2D eigenvalue weighted by atomic mass is 16.3. The lowest BCUT2D eigenvalue weighted by molar-refractivity contribution is 0.666. The maximum atomic E-state index is 6.36. The van der Waals surface area contributed by atoms with Gasteiger partial charge in [0.1, 0.15) is 11.2 Å². The van der Waals surface area contributed by atoms with E-state index in [-0.39, 0.29) is 0 Å². The molecule has 0 spiro atoms. The van der Waals surface area contributed by atoms with Crippen LogP contribution >= 0.6 is 0 Å². The van der Waals surface area contributed by atoms with Gasteiger partial charge in [-0.3, -0.25) is 4.57 Å². The van der Waals surface area contributed by atoms with E-state index in [9.17, 15) is 0 Å². The summed E-state index contributed by atoms with van der Waals surface area (Å²) in [5, 5.41) is 6.83. The standard InChI is InChI=1S/C54H35N5O/c1-54(2)47-36(28-30-38-34-20-9-12-24-42(34)58(49(38)47)33-18-7-4-8-19-33)37-29-31-39-35-21-10-13-25-43(35)59(50(39)48(37)54)53-56-51(32-16-5-3-6-17-32)55-52(57-53)41-23-15-27-45-46(41)40-22-11-14-26-44(40)60-45/h3-31H,1-2H3. The van der Waals surface area contributed by atoms with Crippen LogP contribution in [0.1, 0.15) is 25.0 Å². The third-order valence-electron chi connectivity index (χ3n) is 12.7. The zero-order valence-corrected chi connectivity index (χ0v) is 32.9. The van der Waals surface area contributed by atoms with Gasteiger partial charge < -0.3 is 8.98 Å². The molecule has 13 rings (SSSR count). The number of para-hydroxylation sites is 4. The van der Waals surface area contributed by atoms with E-state index in [1.54, 1.807) is 0 Å². The lowest BCUT2D eigenvalue weighted by Gasteiger charge is -2.25. The van der Waals surface area contributed by atoms with E-state index in [1.807, 2.05) is 48.5 Å². The SMILES string of the molecule is CC1(C)c2c(ccc3c4ccccc4n(-c4ccccc4)c23)-c2ccc3c4ccccc4n(-c4nc(-c5ccccc5)nc(-c5cccc6oc7ccccc7c56)n4)c3c21. The Bertz CT molecular complexity index is 3740. The van der Waals surface area contributed by atoms with Crippen LogP contribution in [0.2, 0.25) is 0 Å². The lowest BCUT2D eigenvalue weighted by atomic mass is 9.80. The van der Waals surface area contributed by atoms with E-state index < -0.39 is 5.41 Å². The number of hydrogen-bond donors (Lipinski definition) is 0. The molecule has 282 valence electrons. The first kappa shape index (κ1) is 33.2. The van der Waals surface area contributed by atoms with Crippen molar-refractivity contribution in [3.05, 3.63) is 187 Å². The minimum atomic E-state index is -0.420. The summed E-state index contributed by atoms with van der Waals surface area (Å²) in [6.45, 7) is 4.79. The van der Waals surface area contributed by atoms with Gasteiger partial charge in [-0.2, -0.15) is 9.97 Å². The first-order valence-corrected chi connectivity index (χ1v) is 20.5. The Morgan fingerprint density at radius 2 is 0.967 bits per heavy atom. The third kappa shape index (κ3) is 4.45. The van der Waals surface area contributed by atoms with Gasteiger partial charge in [0.25, 0.3) is 0 Å². The molecular formula is C54H35N5O. The van der Waals surface area contributed by atoms with Gasteiger partial charge in [0.05, 0.1) is 22.1 Å². The average molecular weight is 770 g/mol. The first-order valence-electron chi connectivity index (χ1n) is 20.5. The monoisotopic (exact) mass is 769 g/mol. The summed E-state index contributed by atoms with van der Waals surface area (Å²) >= 11 is 0. The molecule has 0 fully saturated rings. The minimum Gasteiger partial charge on any atom is -0.456 e. The fourth-order valence-corrected chi connectivity index (χ4v) is 10.3. The van der Waals surface area contributed by atoms with E-state index in [4.69, 9.17) is 19.4 Å². The van der Waals surface area contributed by atoms with E-state index in [1.165, 1.54) is 44.1 Å². The molecule has 4 aromatic heterocycles. The maximum absolute atomic E-state index is 6.36. The van der Waals surface area contributed by atoms with Crippen LogP contribution in [0.4, 0.5) is 0 Å². The van der Waals surface area contributed by atoms with Crippen LogP contribution < -0.4 is 0 Å². The van der Waals surface area contributed by atoms with Crippen molar-refractivity contribution < 1.29 is 4.42 Å². The number of nitrogens with zero attached hydrogens (tertiary/aromatic N) is 5. The highest BCUT2D eigenvalue weighted by molar-refractivity contribution is 6.17. The third-order valence-corrected chi connectivity index (χ3v) is 12.7. The largest absolute Gasteiger partial charge is 0.456 e. The molecule has 0 radical (unpaired) electrons. The van der Waals surface area contributed by atoms with E-state index in [2.05, 4.69) is 150 Å². The van der Waals surface area contributed by atoms with Crippen LogP contribution in [-0.4, -0.2) is 24.1 Å². The molecular weight excluding hydrogens is 735 g/mol. The number of aromatic nitrogens is 5. The molecule has 12 aromatic rings. The number of furan rings is 1. The molecule has 60 heavy (non-hydrogen) atoms. The summed E-state index contributed by atoms with van der Waals surface area (Å²) in [7, 11) is 0. The molecule has 0 amide bonds. The average Bonchev–Trinajstić information content (AvgIpc) is 4.01. The number of benzene rings is 8. The van der Waals surface area contributed by atoms with Crippen LogP contribution in [0.15, 0.2) is 180 Å². The smallest absolute Gasteiger partial charge is 0.238 e. The summed E-state index contributed by atoms with van der Waals surface area (Å²) in [5.41, 5.74) is 13.8. The van der Waals surface area contributed by atoms with Gasteiger partial charge in [0, 0.05) is 54.5 Å². The second-order valence-corrected chi connectivity index (χ2v) is 16.4. The summed E-state index contributed by atoms with van der Waals surface area (Å²) < 4.78 is 11.1. The predicted octanol–water partition coefficient (Wildman–Crippen LogP) is 13.6. The first-order chi connectivity index (χ1) is 29.5. The minimum absolute atomic E-state index is 0.420. The van der Waals surface area contributed by atoms with Crippen molar-refractivity contribution in [1.29, 1.82) is 0 Å². The Kier molecular flexibility index (Phi) is 6.69. The normalized spacial score (nSPS) is 13.3. The Balaban J connectivity index is 1.14. The van der Waals surface area contributed by atoms with Crippen LogP contribution in [0.25, 0.3) is 111 Å². The lowest BCUT2D eigenvalue weighted by Crippen LogP contribution is -2.18. The van der Waals surface area contributed by atoms with E-state index in [0.717, 1.165) is 60.6 Å². The van der Waals surface area contributed by atoms with Crippen LogP contribution in [0.5, 0.6) is 0 Å². The fraction of sp³-hybridized carbons (Fsp3) is 0.0556. The van der Waals surface area contributed by atoms with Crippen LogP contribution in [0.3, 0.4) is 0 Å². The Labute approximate surface area is 344 Å². The van der Waals surface area contributed by atoms with Crippen molar-refractivity contribution in [1.82, 2.24) is 24.1 Å². The van der Waals surface area contributed by atoms with Crippen LogP contribution in [0, 0.1) is 0 Å². The molecule has 8 aromatic carbocycles. The van der Waals surface area contributed by atoms with Gasteiger partial charge in [0.2, 0.25) is 5.95 Å². The Morgan fingerprint density at radius 3 is 1.67 bits per heavy atom. The molecule has 0 N–H and O–H groups in total. The molecule has 0 saturated carbocycles. The highest BCUT2D eigenvalue weighted by Crippen LogP contribution is 2.56. The highest BCUT2D eigenvalue weighted by Gasteiger charge is 2.41. The number of rotatable bonds is 4. The molecule has 0 unspecified atom stereocenters. The predicted molar refractivity (Wildman–Crippen MR) is 244 cm³/mol. The second kappa shape index (κ2) is 12.1. The topological polar surface area (TPSA) is 61.7 Å². The zero-order valence-electron chi connectivity index (χ0n) is 32.9. The summed E-state index contributed by atoms with van der Waals surface area (Å²) in [5.74, 6) is 1.76. The van der Waals surface area contributed by atoms with Crippen molar-refractivity contribution in [3.8, 4) is 45.5 Å². The molecule has 0 aliphatic heterocycles. The Morgan fingerprint density at radius 1 is 0.417 bits per heavy atom. The van der Waals surface area contributed by atoms with Gasteiger partial charge in [-0.25, -0.2) is 4.98 Å². The van der Waals surface area contributed by atoms with E-state index >= 15 is 0 Å². The summed E-state index contributed by atoms with van der Waals surface area (Å²) in [6, 6.07) is 62.0. The molecule has 0 atom stereocenters. The second-order valence-electron chi connectivity index (χ2n) is 16.4. The van der Waals surface area contributed by atoms with Gasteiger partial charge in [-0.05, 0) is 58.7 Å². The van der Waals surface area contributed by atoms with Gasteiger partial charge in [0.15, 0.2) is 11.6 Å². The van der Waals surface area contributed by atoms with Crippen LogP contribution in [-0.2, 0) is 5.41 Å². The van der Waals surface area contributed by atoms with Crippen molar-refractivity contribution in [3.63, 3.8) is 0 Å². The summed E-state index contributed by atoms with van der Waals surface area (Å²) in [6.07, 6.45) is 0. The van der Waals surface area contributed by atoms with Crippen molar-refractivity contribution in [2.75, 3.05) is 0 Å². The van der Waals surface area contributed by atoms with Crippen molar-refractivity contribution in [2.45, 2.75) is 19.3 Å². The quantitative estimate of drug-likeness (QED) is 0.179. The number of hydrogen-bond acceptors (Lipinski definition) is 4. The van der Waals surface area contributed by atoms with Crippen molar-refractivity contribution in [2.24, 2.45) is 0 Å². The molecule has 1 aliphatic rings. The molecule has 4 heterocycles. The van der Waals surface area contributed by atoms with Gasteiger partial charge in [-0.15, -0.1) is 0 Å². The zero-order chi connectivity index (χ0) is 39.7.